The van der Waals surface area contributed by atoms with E-state index in [0.717, 1.165) is 6.07 Å². The standard InChI is InChI=1S/C12H9ClFNO3/c1-17-10-5-9(12(16)18-2)15-8-4-6(14)3-7(13)11(8)10/h3-5H,1-2H3. The van der Waals surface area contributed by atoms with Gasteiger partial charge in [-0.1, -0.05) is 11.6 Å². The van der Waals surface area contributed by atoms with E-state index in [0.29, 0.717) is 11.1 Å². The normalized spacial score (nSPS) is 10.4. The number of carbonyl (C=O) groups excluding carboxylic acids is 1. The third-order valence-electron chi connectivity index (χ3n) is 2.40. The first-order valence-corrected chi connectivity index (χ1v) is 5.36. The molecule has 0 atom stereocenters. The zero-order valence-electron chi connectivity index (χ0n) is 9.66. The molecule has 2 rings (SSSR count). The van der Waals surface area contributed by atoms with Crippen LogP contribution in [0.15, 0.2) is 18.2 Å². The maximum absolute atomic E-state index is 13.3. The van der Waals surface area contributed by atoms with Crippen molar-refractivity contribution in [3.05, 3.63) is 34.7 Å². The molecular formula is C12H9ClFNO3. The van der Waals surface area contributed by atoms with Gasteiger partial charge in [-0.15, -0.1) is 0 Å². The highest BCUT2D eigenvalue weighted by Gasteiger charge is 2.15. The molecule has 94 valence electrons. The first-order chi connectivity index (χ1) is 8.56. The van der Waals surface area contributed by atoms with Crippen LogP contribution in [0, 0.1) is 5.82 Å². The van der Waals surface area contributed by atoms with Crippen LogP contribution in [0.5, 0.6) is 5.75 Å². The minimum Gasteiger partial charge on any atom is -0.496 e. The van der Waals surface area contributed by atoms with Crippen molar-refractivity contribution in [1.29, 1.82) is 0 Å². The predicted molar refractivity (Wildman–Crippen MR) is 64.6 cm³/mol. The Labute approximate surface area is 107 Å². The quantitative estimate of drug-likeness (QED) is 0.787. The number of ether oxygens (including phenoxy) is 2. The second-order valence-electron chi connectivity index (χ2n) is 3.48. The molecule has 0 saturated heterocycles. The summed E-state index contributed by atoms with van der Waals surface area (Å²) in [4.78, 5) is 15.4. The third-order valence-corrected chi connectivity index (χ3v) is 2.70. The molecule has 6 heteroatoms. The molecule has 0 aliphatic rings. The van der Waals surface area contributed by atoms with E-state index < -0.39 is 11.8 Å². The molecule has 0 aliphatic carbocycles. The Morgan fingerprint density at radius 3 is 2.67 bits per heavy atom. The van der Waals surface area contributed by atoms with Crippen molar-refractivity contribution < 1.29 is 18.7 Å². The molecule has 0 N–H and O–H groups in total. The van der Waals surface area contributed by atoms with E-state index in [1.807, 2.05) is 0 Å². The number of methoxy groups -OCH3 is 2. The lowest BCUT2D eigenvalue weighted by Gasteiger charge is -2.09. The summed E-state index contributed by atoms with van der Waals surface area (Å²) in [6.45, 7) is 0. The topological polar surface area (TPSA) is 48.4 Å². The smallest absolute Gasteiger partial charge is 0.356 e. The van der Waals surface area contributed by atoms with E-state index in [-0.39, 0.29) is 16.2 Å². The van der Waals surface area contributed by atoms with E-state index in [2.05, 4.69) is 9.72 Å². The third kappa shape index (κ3) is 2.09. The summed E-state index contributed by atoms with van der Waals surface area (Å²) < 4.78 is 23.0. The molecule has 4 nitrogen and oxygen atoms in total. The van der Waals surface area contributed by atoms with Crippen molar-refractivity contribution in [2.75, 3.05) is 14.2 Å². The van der Waals surface area contributed by atoms with Gasteiger partial charge in [0.15, 0.2) is 5.69 Å². The van der Waals surface area contributed by atoms with Gasteiger partial charge >= 0.3 is 5.97 Å². The Bertz CT molecular complexity index is 630. The van der Waals surface area contributed by atoms with Gasteiger partial charge in [0, 0.05) is 12.1 Å². The Morgan fingerprint density at radius 2 is 2.06 bits per heavy atom. The van der Waals surface area contributed by atoms with E-state index >= 15 is 0 Å². The van der Waals surface area contributed by atoms with E-state index in [9.17, 15) is 9.18 Å². The van der Waals surface area contributed by atoms with Gasteiger partial charge in [0.25, 0.3) is 0 Å². The average Bonchev–Trinajstić information content (AvgIpc) is 2.35. The van der Waals surface area contributed by atoms with E-state index in [1.54, 1.807) is 0 Å². The van der Waals surface area contributed by atoms with Crippen molar-refractivity contribution in [2.24, 2.45) is 0 Å². The SMILES string of the molecule is COC(=O)c1cc(OC)c2c(Cl)cc(F)cc2n1. The van der Waals surface area contributed by atoms with Crippen LogP contribution in [0.1, 0.15) is 10.5 Å². The fraction of sp³-hybridized carbons (Fsp3) is 0.167. The summed E-state index contributed by atoms with van der Waals surface area (Å²) in [5.41, 5.74) is 0.267. The van der Waals surface area contributed by atoms with Gasteiger partial charge in [-0.05, 0) is 6.07 Å². The van der Waals surface area contributed by atoms with Crippen LogP contribution < -0.4 is 4.74 Å². The minimum absolute atomic E-state index is 0.0310. The molecule has 1 heterocycles. The van der Waals surface area contributed by atoms with E-state index in [4.69, 9.17) is 16.3 Å². The first-order valence-electron chi connectivity index (χ1n) is 4.99. The van der Waals surface area contributed by atoms with Crippen LogP contribution >= 0.6 is 11.6 Å². The van der Waals surface area contributed by atoms with Crippen LogP contribution in [-0.4, -0.2) is 25.2 Å². The van der Waals surface area contributed by atoms with Crippen LogP contribution in [-0.2, 0) is 4.74 Å². The molecule has 1 aromatic carbocycles. The Balaban J connectivity index is 2.79. The molecule has 0 radical (unpaired) electrons. The number of esters is 1. The molecule has 2 aromatic rings. The molecule has 0 bridgehead atoms. The van der Waals surface area contributed by atoms with Gasteiger partial charge < -0.3 is 9.47 Å². The number of hydrogen-bond acceptors (Lipinski definition) is 4. The zero-order valence-corrected chi connectivity index (χ0v) is 10.4. The van der Waals surface area contributed by atoms with Crippen LogP contribution in [0.3, 0.4) is 0 Å². The number of fused-ring (bicyclic) bond motifs is 1. The monoisotopic (exact) mass is 269 g/mol. The second-order valence-corrected chi connectivity index (χ2v) is 3.89. The summed E-state index contributed by atoms with van der Waals surface area (Å²) in [7, 11) is 2.66. The van der Waals surface area contributed by atoms with Crippen molar-refractivity contribution >= 4 is 28.5 Å². The Kier molecular flexibility index (Phi) is 3.34. The summed E-state index contributed by atoms with van der Waals surface area (Å²) in [6.07, 6.45) is 0. The van der Waals surface area contributed by atoms with Gasteiger partial charge in [-0.2, -0.15) is 0 Å². The fourth-order valence-corrected chi connectivity index (χ4v) is 1.91. The van der Waals surface area contributed by atoms with Crippen LogP contribution in [0.4, 0.5) is 4.39 Å². The summed E-state index contributed by atoms with van der Waals surface area (Å²) >= 11 is 5.94. The number of benzene rings is 1. The molecule has 0 amide bonds. The highest BCUT2D eigenvalue weighted by molar-refractivity contribution is 6.36. The molecular weight excluding hydrogens is 261 g/mol. The number of aromatic nitrogens is 1. The Hall–Kier alpha value is -1.88. The highest BCUT2D eigenvalue weighted by Crippen LogP contribution is 2.32. The van der Waals surface area contributed by atoms with Gasteiger partial charge in [0.2, 0.25) is 0 Å². The number of rotatable bonds is 2. The van der Waals surface area contributed by atoms with Crippen molar-refractivity contribution in [2.45, 2.75) is 0 Å². The molecule has 0 spiro atoms. The largest absolute Gasteiger partial charge is 0.496 e. The molecule has 0 aliphatic heterocycles. The lowest BCUT2D eigenvalue weighted by atomic mass is 10.1. The number of carbonyl (C=O) groups is 1. The van der Waals surface area contributed by atoms with Gasteiger partial charge in [-0.3, -0.25) is 0 Å². The number of nitrogens with zero attached hydrogens (tertiary/aromatic N) is 1. The molecule has 0 saturated carbocycles. The fourth-order valence-electron chi connectivity index (χ4n) is 1.62. The van der Waals surface area contributed by atoms with Crippen LogP contribution in [0.25, 0.3) is 10.9 Å². The van der Waals surface area contributed by atoms with Crippen molar-refractivity contribution in [3.63, 3.8) is 0 Å². The van der Waals surface area contributed by atoms with Crippen LogP contribution in [0.2, 0.25) is 5.02 Å². The van der Waals surface area contributed by atoms with Crippen molar-refractivity contribution in [1.82, 2.24) is 4.98 Å². The summed E-state index contributed by atoms with van der Waals surface area (Å²) in [6, 6.07) is 3.74. The van der Waals surface area contributed by atoms with E-state index in [1.165, 1.54) is 26.4 Å². The van der Waals surface area contributed by atoms with Gasteiger partial charge in [-0.25, -0.2) is 14.2 Å². The lowest BCUT2D eigenvalue weighted by Crippen LogP contribution is -2.05. The number of pyridine rings is 1. The zero-order chi connectivity index (χ0) is 13.3. The maximum Gasteiger partial charge on any atom is 0.356 e. The summed E-state index contributed by atoms with van der Waals surface area (Å²) in [5.74, 6) is -0.829. The number of halogens is 2. The minimum atomic E-state index is -0.629. The predicted octanol–water partition coefficient (Wildman–Crippen LogP) is 2.82. The Morgan fingerprint density at radius 1 is 1.33 bits per heavy atom. The summed E-state index contributed by atoms with van der Waals surface area (Å²) in [5, 5.41) is 0.624. The van der Waals surface area contributed by atoms with Gasteiger partial charge in [0.1, 0.15) is 11.6 Å². The molecule has 18 heavy (non-hydrogen) atoms. The first kappa shape index (κ1) is 12.6. The average molecular weight is 270 g/mol. The van der Waals surface area contributed by atoms with Crippen molar-refractivity contribution in [3.8, 4) is 5.75 Å². The molecule has 0 fully saturated rings. The van der Waals surface area contributed by atoms with Gasteiger partial charge in [0.05, 0.1) is 30.1 Å². The number of hydrogen-bond donors (Lipinski definition) is 0. The molecule has 0 unspecified atom stereocenters. The molecule has 1 aromatic heterocycles. The highest BCUT2D eigenvalue weighted by atomic mass is 35.5. The lowest BCUT2D eigenvalue weighted by molar-refractivity contribution is 0.0594. The second kappa shape index (κ2) is 4.78. The maximum atomic E-state index is 13.3.